The molecule has 0 amide bonds. The number of nitrogens with one attached hydrogen (secondary N) is 2. The maximum absolute atomic E-state index is 11.8. The summed E-state index contributed by atoms with van der Waals surface area (Å²) in [6.45, 7) is 1.07. The van der Waals surface area contributed by atoms with Gasteiger partial charge in [-0.2, -0.15) is 31.0 Å². The first-order valence-corrected chi connectivity index (χ1v) is 6.38. The largest absolute Gasteiger partial charge is 0.481 e. The fourth-order valence-corrected chi connectivity index (χ4v) is 2.30. The lowest BCUT2D eigenvalue weighted by Gasteiger charge is -2.25. The molecule has 0 aromatic carbocycles. The number of alkyl halides is 3. The summed E-state index contributed by atoms with van der Waals surface area (Å²) in [6, 6.07) is 0. The molecule has 0 saturated heterocycles. The molecule has 3 N–H and O–H groups in total. The van der Waals surface area contributed by atoms with Crippen LogP contribution in [0.4, 0.5) is 13.2 Å². The van der Waals surface area contributed by atoms with Crippen LogP contribution in [0.25, 0.3) is 0 Å². The van der Waals surface area contributed by atoms with E-state index < -0.39 is 34.4 Å². The van der Waals surface area contributed by atoms with Crippen molar-refractivity contribution in [3.63, 3.8) is 0 Å². The second-order valence-corrected chi connectivity index (χ2v) is 5.82. The number of carboxylic acid groups (broad SMARTS) is 1. The lowest BCUT2D eigenvalue weighted by Crippen LogP contribution is -2.50. The molecule has 108 valence electrons. The van der Waals surface area contributed by atoms with Gasteiger partial charge in [0.2, 0.25) is 0 Å². The summed E-state index contributed by atoms with van der Waals surface area (Å²) in [7, 11) is -4.33. The van der Waals surface area contributed by atoms with Crippen LogP contribution >= 0.6 is 0 Å². The molecule has 0 atom stereocenters. The molecule has 0 rings (SSSR count). The van der Waals surface area contributed by atoms with Crippen LogP contribution in [0.5, 0.6) is 0 Å². The predicted molar refractivity (Wildman–Crippen MR) is 57.1 cm³/mol. The molecule has 0 bridgehead atoms. The highest BCUT2D eigenvalue weighted by molar-refractivity contribution is 7.87. The van der Waals surface area contributed by atoms with Gasteiger partial charge in [-0.3, -0.25) is 4.79 Å². The summed E-state index contributed by atoms with van der Waals surface area (Å²) in [5.74, 6) is -1.12. The Balaban J connectivity index is 4.42. The van der Waals surface area contributed by atoms with Crippen molar-refractivity contribution in [3.8, 4) is 0 Å². The molecule has 0 aliphatic heterocycles. The molecule has 0 fully saturated rings. The molecule has 6 nitrogen and oxygen atoms in total. The zero-order chi connectivity index (χ0) is 14.6. The summed E-state index contributed by atoms with van der Waals surface area (Å²) in [4.78, 5) is 10.3. The molecule has 0 aromatic rings. The van der Waals surface area contributed by atoms with Crippen LogP contribution in [0.3, 0.4) is 0 Å². The van der Waals surface area contributed by atoms with Crippen molar-refractivity contribution in [1.29, 1.82) is 0 Å². The summed E-state index contributed by atoms with van der Waals surface area (Å²) in [6.07, 6.45) is -5.00. The Labute approximate surface area is 103 Å². The van der Waals surface area contributed by atoms with Gasteiger partial charge in [-0.25, -0.2) is 0 Å². The van der Waals surface area contributed by atoms with Crippen molar-refractivity contribution >= 4 is 16.2 Å². The Hall–Kier alpha value is -0.870. The molecule has 0 heterocycles. The Bertz CT molecular complexity index is 392. The van der Waals surface area contributed by atoms with Crippen molar-refractivity contribution in [3.05, 3.63) is 0 Å². The first kappa shape index (κ1) is 17.1. The van der Waals surface area contributed by atoms with Gasteiger partial charge in [0.25, 0.3) is 10.2 Å². The third kappa shape index (κ3) is 9.19. The molecule has 0 aromatic heterocycles. The maximum atomic E-state index is 11.8. The van der Waals surface area contributed by atoms with E-state index in [0.717, 1.165) is 0 Å². The minimum absolute atomic E-state index is 0.0464. The normalized spacial score (nSPS) is 13.6. The summed E-state index contributed by atoms with van der Waals surface area (Å²) >= 11 is 0. The number of hydrogen-bond donors (Lipinski definition) is 3. The van der Waals surface area contributed by atoms with E-state index in [9.17, 15) is 26.4 Å². The lowest BCUT2D eigenvalue weighted by atomic mass is 10.0. The van der Waals surface area contributed by atoms with Gasteiger partial charge in [-0.15, -0.1) is 0 Å². The van der Waals surface area contributed by atoms with Crippen molar-refractivity contribution in [2.45, 2.75) is 38.4 Å². The van der Waals surface area contributed by atoms with Gasteiger partial charge in [-0.05, 0) is 20.3 Å². The maximum Gasteiger partial charge on any atom is 0.402 e. The molecular weight excluding hydrogens is 277 g/mol. The van der Waals surface area contributed by atoms with Crippen LogP contribution in [-0.2, 0) is 15.0 Å². The Morgan fingerprint density at radius 2 is 1.78 bits per heavy atom. The van der Waals surface area contributed by atoms with Crippen LogP contribution in [0.2, 0.25) is 0 Å². The van der Waals surface area contributed by atoms with Crippen LogP contribution in [0.15, 0.2) is 0 Å². The minimum atomic E-state index is -4.65. The number of halogens is 3. The van der Waals surface area contributed by atoms with Crippen LogP contribution in [0.1, 0.15) is 26.7 Å². The van der Waals surface area contributed by atoms with Gasteiger partial charge >= 0.3 is 12.1 Å². The molecule has 0 unspecified atom stereocenters. The summed E-state index contributed by atoms with van der Waals surface area (Å²) in [5.41, 5.74) is -1.16. The fraction of sp³-hybridized carbons (Fsp3) is 0.875. The van der Waals surface area contributed by atoms with Gasteiger partial charge in [-0.1, -0.05) is 0 Å². The molecule has 10 heteroatoms. The van der Waals surface area contributed by atoms with E-state index in [1.165, 1.54) is 18.6 Å². The molecule has 0 spiro atoms. The smallest absolute Gasteiger partial charge is 0.402 e. The SMILES string of the molecule is CC(C)(CCC(=O)O)NS(=O)(=O)NCC(F)(F)F. The average Bonchev–Trinajstić information content (AvgIpc) is 2.09. The number of aliphatic carboxylic acids is 1. The molecule has 0 saturated carbocycles. The Morgan fingerprint density at radius 3 is 2.17 bits per heavy atom. The van der Waals surface area contributed by atoms with E-state index in [-0.39, 0.29) is 12.8 Å². The number of hydrogen-bond acceptors (Lipinski definition) is 3. The third-order valence-electron chi connectivity index (χ3n) is 1.84. The standard InChI is InChI=1S/C8H15F3N2O4S/c1-7(2,4-3-6(14)15)13-18(16,17)12-5-8(9,10)11/h12-13H,3-5H2,1-2H3,(H,14,15). The van der Waals surface area contributed by atoms with Gasteiger partial charge in [0, 0.05) is 12.0 Å². The van der Waals surface area contributed by atoms with Crippen molar-refractivity contribution < 1.29 is 31.5 Å². The summed E-state index contributed by atoms with van der Waals surface area (Å²) < 4.78 is 61.3. The van der Waals surface area contributed by atoms with Crippen molar-refractivity contribution in [2.75, 3.05) is 6.54 Å². The number of carbonyl (C=O) groups is 1. The topological polar surface area (TPSA) is 95.5 Å². The van der Waals surface area contributed by atoms with E-state index in [4.69, 9.17) is 5.11 Å². The van der Waals surface area contributed by atoms with E-state index in [2.05, 4.69) is 0 Å². The van der Waals surface area contributed by atoms with Gasteiger partial charge in [0.15, 0.2) is 0 Å². The molecular formula is C8H15F3N2O4S. The molecule has 0 aliphatic carbocycles. The summed E-state index contributed by atoms with van der Waals surface area (Å²) in [5, 5.41) is 8.44. The van der Waals surface area contributed by atoms with E-state index >= 15 is 0 Å². The van der Waals surface area contributed by atoms with Gasteiger partial charge < -0.3 is 5.11 Å². The highest BCUT2D eigenvalue weighted by Crippen LogP contribution is 2.14. The average molecular weight is 292 g/mol. The first-order chi connectivity index (χ1) is 7.83. The predicted octanol–water partition coefficient (Wildman–Crippen LogP) is 0.616. The fourth-order valence-electron chi connectivity index (χ4n) is 1.05. The van der Waals surface area contributed by atoms with Crippen LogP contribution < -0.4 is 9.44 Å². The molecule has 0 aliphatic rings. The van der Waals surface area contributed by atoms with E-state index in [0.29, 0.717) is 0 Å². The monoisotopic (exact) mass is 292 g/mol. The van der Waals surface area contributed by atoms with Gasteiger partial charge in [0.1, 0.15) is 6.54 Å². The second kappa shape index (κ2) is 5.85. The Morgan fingerprint density at radius 1 is 1.28 bits per heavy atom. The number of carboxylic acids is 1. The van der Waals surface area contributed by atoms with E-state index in [1.54, 1.807) is 0 Å². The first-order valence-electron chi connectivity index (χ1n) is 4.90. The van der Waals surface area contributed by atoms with Crippen molar-refractivity contribution in [2.24, 2.45) is 0 Å². The molecule has 18 heavy (non-hydrogen) atoms. The van der Waals surface area contributed by atoms with Crippen molar-refractivity contribution in [1.82, 2.24) is 9.44 Å². The van der Waals surface area contributed by atoms with Gasteiger partial charge in [0.05, 0.1) is 0 Å². The van der Waals surface area contributed by atoms with Crippen LogP contribution in [-0.4, -0.2) is 37.8 Å². The zero-order valence-electron chi connectivity index (χ0n) is 9.84. The highest BCUT2D eigenvalue weighted by atomic mass is 32.2. The molecule has 0 radical (unpaired) electrons. The highest BCUT2D eigenvalue weighted by Gasteiger charge is 2.31. The third-order valence-corrected chi connectivity index (χ3v) is 3.18. The second-order valence-electron chi connectivity index (χ2n) is 4.32. The minimum Gasteiger partial charge on any atom is -0.481 e. The Kier molecular flexibility index (Phi) is 5.56. The zero-order valence-corrected chi connectivity index (χ0v) is 10.7. The lowest BCUT2D eigenvalue weighted by molar-refractivity contribution is -0.137. The number of rotatable bonds is 7. The quantitative estimate of drug-likeness (QED) is 0.641. The van der Waals surface area contributed by atoms with Crippen LogP contribution in [0, 0.1) is 0 Å². The van der Waals surface area contributed by atoms with E-state index in [1.807, 2.05) is 4.72 Å².